The van der Waals surface area contributed by atoms with Gasteiger partial charge in [-0.3, -0.25) is 0 Å². The molecule has 0 saturated heterocycles. The standard InChI is InChI=1S/C45H26/c1-2-10-33-32(5-1)25-40-34(33)23-24-37(35-19-15-30-13-11-26-6-3-8-28-16-20-36(35)43(30)41(26)28)45(40)39-22-18-31-14-12-27-7-4-9-29-17-21-38(39)44(31)42(27)29/h1-24H,25H2. The Morgan fingerprint density at radius 2 is 0.756 bits per heavy atom. The third-order valence-electron chi connectivity index (χ3n) is 10.6. The van der Waals surface area contributed by atoms with Crippen molar-refractivity contribution < 1.29 is 0 Å². The van der Waals surface area contributed by atoms with Crippen molar-refractivity contribution in [1.29, 1.82) is 0 Å². The first kappa shape index (κ1) is 23.7. The second-order valence-electron chi connectivity index (χ2n) is 12.8. The summed E-state index contributed by atoms with van der Waals surface area (Å²) in [5.74, 6) is 0. The maximum absolute atomic E-state index is 2.40. The van der Waals surface area contributed by atoms with E-state index in [0.29, 0.717) is 0 Å². The summed E-state index contributed by atoms with van der Waals surface area (Å²) < 4.78 is 0. The predicted molar refractivity (Wildman–Crippen MR) is 193 cm³/mol. The van der Waals surface area contributed by atoms with Gasteiger partial charge in [-0.25, -0.2) is 0 Å². The minimum absolute atomic E-state index is 0.947. The summed E-state index contributed by atoms with van der Waals surface area (Å²) in [7, 11) is 0. The predicted octanol–water partition coefficient (Wildman–Crippen LogP) is 12.4. The average Bonchev–Trinajstić information content (AvgIpc) is 3.48. The zero-order valence-corrected chi connectivity index (χ0v) is 24.6. The minimum atomic E-state index is 0.947. The van der Waals surface area contributed by atoms with Gasteiger partial charge in [0, 0.05) is 0 Å². The molecule has 206 valence electrons. The summed E-state index contributed by atoms with van der Waals surface area (Å²) in [5.41, 5.74) is 10.9. The Morgan fingerprint density at radius 1 is 0.289 bits per heavy atom. The molecule has 1 aliphatic rings. The van der Waals surface area contributed by atoms with E-state index in [9.17, 15) is 0 Å². The lowest BCUT2D eigenvalue weighted by molar-refractivity contribution is 1.27. The van der Waals surface area contributed by atoms with Crippen molar-refractivity contribution in [2.45, 2.75) is 6.42 Å². The first-order valence-electron chi connectivity index (χ1n) is 15.9. The van der Waals surface area contributed by atoms with E-state index >= 15 is 0 Å². The SMILES string of the molecule is c1ccc2c(c1)Cc1c-2ccc(-c2ccc3ccc4cccc5ccc2c3c45)c1-c1ccc2ccc3cccc4ccc1c2c34. The van der Waals surface area contributed by atoms with Crippen LogP contribution < -0.4 is 0 Å². The molecule has 10 aromatic carbocycles. The summed E-state index contributed by atoms with van der Waals surface area (Å²) in [6.07, 6.45) is 0.947. The van der Waals surface area contributed by atoms with Gasteiger partial charge in [-0.1, -0.05) is 146 Å². The molecule has 45 heavy (non-hydrogen) atoms. The second kappa shape index (κ2) is 8.46. The fourth-order valence-corrected chi connectivity index (χ4v) is 8.67. The molecular weight excluding hydrogens is 540 g/mol. The number of benzene rings is 10. The van der Waals surface area contributed by atoms with E-state index in [4.69, 9.17) is 0 Å². The molecule has 0 bridgehead atoms. The largest absolute Gasteiger partial charge is 0.0619 e. The topological polar surface area (TPSA) is 0 Å². The second-order valence-corrected chi connectivity index (χ2v) is 12.8. The van der Waals surface area contributed by atoms with Crippen molar-refractivity contribution in [2.24, 2.45) is 0 Å². The molecule has 0 unspecified atom stereocenters. The molecule has 0 heterocycles. The Balaban J connectivity index is 1.29. The van der Waals surface area contributed by atoms with Crippen LogP contribution in [-0.2, 0) is 6.42 Å². The third-order valence-corrected chi connectivity index (χ3v) is 10.6. The summed E-state index contributed by atoms with van der Waals surface area (Å²) >= 11 is 0. The molecule has 0 fully saturated rings. The highest BCUT2D eigenvalue weighted by Crippen LogP contribution is 2.50. The van der Waals surface area contributed by atoms with Crippen molar-refractivity contribution in [2.75, 3.05) is 0 Å². The molecule has 11 rings (SSSR count). The highest BCUT2D eigenvalue weighted by atomic mass is 14.3. The van der Waals surface area contributed by atoms with Crippen LogP contribution in [0.1, 0.15) is 11.1 Å². The Hall–Kier alpha value is -5.72. The number of hydrogen-bond acceptors (Lipinski definition) is 0. The van der Waals surface area contributed by atoms with Gasteiger partial charge < -0.3 is 0 Å². The zero-order valence-electron chi connectivity index (χ0n) is 24.6. The van der Waals surface area contributed by atoms with Crippen molar-refractivity contribution in [3.05, 3.63) is 157 Å². The highest BCUT2D eigenvalue weighted by Gasteiger charge is 2.26. The summed E-state index contributed by atoms with van der Waals surface area (Å²) in [6.45, 7) is 0. The average molecular weight is 567 g/mol. The van der Waals surface area contributed by atoms with Crippen LogP contribution in [0.2, 0.25) is 0 Å². The first-order valence-corrected chi connectivity index (χ1v) is 15.9. The van der Waals surface area contributed by atoms with Gasteiger partial charge in [-0.15, -0.1) is 0 Å². The Labute approximate surface area is 260 Å². The number of fused-ring (bicyclic) bond motifs is 3. The van der Waals surface area contributed by atoms with Gasteiger partial charge >= 0.3 is 0 Å². The maximum Gasteiger partial charge on any atom is -0.000706 e. The monoisotopic (exact) mass is 566 g/mol. The Kier molecular flexibility index (Phi) is 4.46. The molecule has 0 spiro atoms. The smallest absolute Gasteiger partial charge is 0.000706 e. The Morgan fingerprint density at radius 3 is 1.40 bits per heavy atom. The third kappa shape index (κ3) is 3.06. The van der Waals surface area contributed by atoms with Crippen LogP contribution >= 0.6 is 0 Å². The van der Waals surface area contributed by atoms with E-state index in [0.717, 1.165) is 6.42 Å². The van der Waals surface area contributed by atoms with Gasteiger partial charge in [-0.2, -0.15) is 0 Å². The van der Waals surface area contributed by atoms with E-state index in [-0.39, 0.29) is 0 Å². The fourth-order valence-electron chi connectivity index (χ4n) is 8.67. The quantitative estimate of drug-likeness (QED) is 0.183. The van der Waals surface area contributed by atoms with Crippen LogP contribution in [0.25, 0.3) is 98.0 Å². The first-order chi connectivity index (χ1) is 22.3. The molecule has 0 heteroatoms. The van der Waals surface area contributed by atoms with Crippen LogP contribution in [0.5, 0.6) is 0 Å². The van der Waals surface area contributed by atoms with Gasteiger partial charge in [0.1, 0.15) is 0 Å². The van der Waals surface area contributed by atoms with Gasteiger partial charge in [0.05, 0.1) is 0 Å². The van der Waals surface area contributed by atoms with E-state index in [1.54, 1.807) is 0 Å². The maximum atomic E-state index is 2.40. The van der Waals surface area contributed by atoms with Crippen molar-refractivity contribution in [3.63, 3.8) is 0 Å². The van der Waals surface area contributed by atoms with E-state index in [1.807, 2.05) is 0 Å². The Bertz CT molecular complexity index is 2800. The van der Waals surface area contributed by atoms with Crippen LogP contribution in [0.15, 0.2) is 146 Å². The van der Waals surface area contributed by atoms with Crippen LogP contribution in [-0.4, -0.2) is 0 Å². The normalized spacial score (nSPS) is 12.8. The molecule has 0 N–H and O–H groups in total. The molecule has 0 nitrogen and oxygen atoms in total. The lowest BCUT2D eigenvalue weighted by Gasteiger charge is -2.21. The molecule has 0 radical (unpaired) electrons. The molecule has 0 saturated carbocycles. The lowest BCUT2D eigenvalue weighted by Crippen LogP contribution is -1.96. The molecule has 0 aromatic heterocycles. The van der Waals surface area contributed by atoms with E-state index in [2.05, 4.69) is 146 Å². The number of hydrogen-bond donors (Lipinski definition) is 0. The lowest BCUT2D eigenvalue weighted by atomic mass is 9.82. The van der Waals surface area contributed by atoms with Gasteiger partial charge in [0.2, 0.25) is 0 Å². The molecule has 0 amide bonds. The molecule has 0 aliphatic heterocycles. The van der Waals surface area contributed by atoms with Crippen LogP contribution in [0, 0.1) is 0 Å². The minimum Gasteiger partial charge on any atom is -0.0619 e. The molecule has 10 aromatic rings. The van der Waals surface area contributed by atoms with Crippen LogP contribution in [0.3, 0.4) is 0 Å². The summed E-state index contributed by atoms with van der Waals surface area (Å²) in [4.78, 5) is 0. The van der Waals surface area contributed by atoms with Crippen molar-refractivity contribution in [1.82, 2.24) is 0 Å². The summed E-state index contributed by atoms with van der Waals surface area (Å²) in [6, 6.07) is 55.0. The van der Waals surface area contributed by atoms with Gasteiger partial charge in [0.15, 0.2) is 0 Å². The summed E-state index contributed by atoms with van der Waals surface area (Å²) in [5, 5.41) is 16.0. The molecular formula is C45H26. The fraction of sp³-hybridized carbons (Fsp3) is 0.0222. The van der Waals surface area contributed by atoms with E-state index < -0.39 is 0 Å². The molecule has 1 aliphatic carbocycles. The zero-order chi connectivity index (χ0) is 29.2. The van der Waals surface area contributed by atoms with Gasteiger partial charge in [0.25, 0.3) is 0 Å². The van der Waals surface area contributed by atoms with Crippen molar-refractivity contribution >= 4 is 64.6 Å². The van der Waals surface area contributed by atoms with E-state index in [1.165, 1.54) is 109 Å². The van der Waals surface area contributed by atoms with Gasteiger partial charge in [-0.05, 0) is 116 Å². The highest BCUT2D eigenvalue weighted by molar-refractivity contribution is 6.28. The molecule has 0 atom stereocenters. The van der Waals surface area contributed by atoms with Crippen molar-refractivity contribution in [3.8, 4) is 33.4 Å². The number of rotatable bonds is 2. The van der Waals surface area contributed by atoms with Crippen LogP contribution in [0.4, 0.5) is 0 Å².